The molecular weight excluding hydrogens is 522 g/mol. The zero-order valence-corrected chi connectivity index (χ0v) is 22.8. The van der Waals surface area contributed by atoms with Crippen molar-refractivity contribution in [2.75, 3.05) is 12.9 Å². The largest absolute Gasteiger partial charge is 0.497 e. The normalized spacial score (nSPS) is 21.2. The van der Waals surface area contributed by atoms with Crippen molar-refractivity contribution in [2.24, 2.45) is 17.8 Å². The third-order valence-electron chi connectivity index (χ3n) is 7.93. The van der Waals surface area contributed by atoms with Crippen LogP contribution in [0.1, 0.15) is 32.6 Å². The number of hydrogen-bond acceptors (Lipinski definition) is 7. The number of fused-ring (bicyclic) bond motifs is 5. The summed E-state index contributed by atoms with van der Waals surface area (Å²) in [5.74, 6) is 2.95. The van der Waals surface area contributed by atoms with Gasteiger partial charge >= 0.3 is 0 Å². The molecule has 2 aromatic heterocycles. The van der Waals surface area contributed by atoms with Gasteiger partial charge in [-0.2, -0.15) is 14.6 Å². The Balaban J connectivity index is 1.32. The number of thioether (sulfide) groups is 1. The quantitative estimate of drug-likeness (QED) is 0.197. The van der Waals surface area contributed by atoms with Gasteiger partial charge in [0.25, 0.3) is 5.56 Å². The minimum absolute atomic E-state index is 0.0409. The van der Waals surface area contributed by atoms with Gasteiger partial charge in [-0.1, -0.05) is 29.8 Å². The van der Waals surface area contributed by atoms with Gasteiger partial charge in [0.05, 0.1) is 18.4 Å². The molecule has 0 saturated heterocycles. The Morgan fingerprint density at radius 1 is 1.18 bits per heavy atom. The molecule has 2 saturated carbocycles. The third-order valence-corrected chi connectivity index (χ3v) is 9.09. The van der Waals surface area contributed by atoms with E-state index in [0.29, 0.717) is 44.0 Å². The molecule has 1 amide bonds. The lowest BCUT2D eigenvalue weighted by molar-refractivity contribution is -0.119. The van der Waals surface area contributed by atoms with Crippen molar-refractivity contribution in [3.8, 4) is 17.0 Å². The van der Waals surface area contributed by atoms with Gasteiger partial charge < -0.3 is 10.1 Å². The molecule has 0 radical (unpaired) electrons. The Hall–Kier alpha value is -3.17. The van der Waals surface area contributed by atoms with E-state index in [9.17, 15) is 9.59 Å². The second-order valence-electron chi connectivity index (χ2n) is 10.3. The topological polar surface area (TPSA) is 98.5 Å². The number of carbonyl (C=O) groups is 1. The van der Waals surface area contributed by atoms with Crippen LogP contribution in [0.2, 0.25) is 5.02 Å². The smallest absolute Gasteiger partial charge is 0.300 e. The van der Waals surface area contributed by atoms with Crippen LogP contribution >= 0.6 is 23.4 Å². The van der Waals surface area contributed by atoms with E-state index in [1.54, 1.807) is 49.6 Å². The summed E-state index contributed by atoms with van der Waals surface area (Å²) in [5.41, 5.74) is 1.30. The molecule has 0 spiro atoms. The highest BCUT2D eigenvalue weighted by Gasteiger charge is 2.42. The number of methoxy groups -OCH3 is 1. The highest BCUT2D eigenvalue weighted by molar-refractivity contribution is 7.99. The van der Waals surface area contributed by atoms with Crippen LogP contribution in [0.5, 0.6) is 5.75 Å². The number of hydrogen-bond donors (Lipinski definition) is 1. The molecule has 196 valence electrons. The van der Waals surface area contributed by atoms with E-state index < -0.39 is 5.56 Å². The molecule has 8 nitrogen and oxygen atoms in total. The van der Waals surface area contributed by atoms with Crippen molar-refractivity contribution in [3.05, 3.63) is 57.8 Å². The highest BCUT2D eigenvalue weighted by atomic mass is 35.5. The molecule has 1 N–H and O–H groups in total. The molecule has 0 aliphatic heterocycles. The number of amides is 1. The number of halogens is 1. The Kier molecular flexibility index (Phi) is 6.74. The molecule has 2 aliphatic rings. The number of rotatable bonds is 7. The van der Waals surface area contributed by atoms with Crippen LogP contribution in [0.3, 0.4) is 0 Å². The summed E-state index contributed by atoms with van der Waals surface area (Å²) >= 11 is 7.52. The summed E-state index contributed by atoms with van der Waals surface area (Å²) in [6.07, 6.45) is 5.15. The first-order chi connectivity index (χ1) is 18.4. The second-order valence-corrected chi connectivity index (χ2v) is 11.6. The fraction of sp³-hybridized carbons (Fsp3) is 0.393. The molecule has 4 aromatic rings. The van der Waals surface area contributed by atoms with E-state index in [4.69, 9.17) is 21.3 Å². The van der Waals surface area contributed by atoms with Gasteiger partial charge in [-0.15, -0.1) is 0 Å². The van der Waals surface area contributed by atoms with Gasteiger partial charge in [-0.3, -0.25) is 9.59 Å². The van der Waals surface area contributed by atoms with Crippen molar-refractivity contribution in [3.63, 3.8) is 0 Å². The Morgan fingerprint density at radius 2 is 2.00 bits per heavy atom. The highest BCUT2D eigenvalue weighted by Crippen LogP contribution is 2.49. The van der Waals surface area contributed by atoms with E-state index in [2.05, 4.69) is 22.3 Å². The first-order valence-electron chi connectivity index (χ1n) is 12.9. The van der Waals surface area contributed by atoms with Crippen LogP contribution in [0.4, 0.5) is 0 Å². The summed E-state index contributed by atoms with van der Waals surface area (Å²) in [4.78, 5) is 35.1. The summed E-state index contributed by atoms with van der Waals surface area (Å²) in [6, 6.07) is 12.4. The predicted octanol–water partition coefficient (Wildman–Crippen LogP) is 5.00. The van der Waals surface area contributed by atoms with Crippen LogP contribution in [0.15, 0.2) is 52.4 Å². The zero-order chi connectivity index (χ0) is 26.4. The average Bonchev–Trinajstić information content (AvgIpc) is 3.56. The van der Waals surface area contributed by atoms with Gasteiger partial charge in [-0.25, -0.2) is 4.98 Å². The van der Waals surface area contributed by atoms with E-state index >= 15 is 0 Å². The minimum Gasteiger partial charge on any atom is -0.497 e. The fourth-order valence-corrected chi connectivity index (χ4v) is 7.02. The minimum atomic E-state index is -0.462. The van der Waals surface area contributed by atoms with Gasteiger partial charge in [0.1, 0.15) is 5.75 Å². The second kappa shape index (κ2) is 10.2. The molecular formula is C28H28ClN5O3S. The molecule has 10 heteroatoms. The van der Waals surface area contributed by atoms with Gasteiger partial charge in [-0.05, 0) is 86.4 Å². The average molecular weight is 550 g/mol. The van der Waals surface area contributed by atoms with Crippen LogP contribution in [0, 0.1) is 17.8 Å². The van der Waals surface area contributed by atoms with Crippen LogP contribution < -0.4 is 15.6 Å². The molecule has 2 aromatic carbocycles. The zero-order valence-electron chi connectivity index (χ0n) is 21.2. The molecule has 6 rings (SSSR count). The lowest BCUT2D eigenvalue weighted by atomic mass is 9.84. The molecule has 2 aliphatic carbocycles. The molecule has 4 atom stereocenters. The summed E-state index contributed by atoms with van der Waals surface area (Å²) in [5, 5.41) is 9.45. The van der Waals surface area contributed by atoms with Crippen LogP contribution in [-0.2, 0) is 4.79 Å². The van der Waals surface area contributed by atoms with Crippen molar-refractivity contribution >= 4 is 45.8 Å². The maximum Gasteiger partial charge on any atom is 0.300 e. The van der Waals surface area contributed by atoms with Crippen LogP contribution in [-0.4, -0.2) is 44.4 Å². The van der Waals surface area contributed by atoms with Gasteiger partial charge in [0.15, 0.2) is 16.5 Å². The molecule has 38 heavy (non-hydrogen) atoms. The summed E-state index contributed by atoms with van der Waals surface area (Å²) in [6.45, 7) is 2.12. The summed E-state index contributed by atoms with van der Waals surface area (Å²) < 4.78 is 6.77. The van der Waals surface area contributed by atoms with E-state index in [1.807, 2.05) is 0 Å². The van der Waals surface area contributed by atoms with E-state index in [-0.39, 0.29) is 23.4 Å². The third kappa shape index (κ3) is 4.73. The number of nitrogens with zero attached hydrogens (tertiary/aromatic N) is 4. The van der Waals surface area contributed by atoms with Crippen molar-refractivity contribution < 1.29 is 9.53 Å². The Bertz CT molecular complexity index is 1590. The maximum atomic E-state index is 13.1. The number of ether oxygens (including phenoxy) is 1. The van der Waals surface area contributed by atoms with Gasteiger partial charge in [0.2, 0.25) is 5.91 Å². The lowest BCUT2D eigenvalue weighted by Gasteiger charge is -2.28. The number of carbonyl (C=O) groups excluding carboxylic acids is 1. The molecule has 0 unspecified atom stereocenters. The number of benzene rings is 2. The summed E-state index contributed by atoms with van der Waals surface area (Å²) in [7, 11) is 1.58. The number of nitrogens with one attached hydrogen (secondary N) is 1. The van der Waals surface area contributed by atoms with Crippen molar-refractivity contribution in [1.29, 1.82) is 0 Å². The van der Waals surface area contributed by atoms with Crippen molar-refractivity contribution in [1.82, 2.24) is 24.9 Å². The lowest BCUT2D eigenvalue weighted by Crippen LogP contribution is -2.41. The molecule has 2 heterocycles. The fourth-order valence-electron chi connectivity index (χ4n) is 6.09. The Morgan fingerprint density at radius 3 is 2.71 bits per heavy atom. The SMILES string of the molecule is COc1ccc(-c2nn3c(SCC(=O)N[C@@H](C)[C@H]4C[C@H]5CC[C@H]4C5)nc4ccc(Cl)cc4c3nc2=O)cc1. The Labute approximate surface area is 229 Å². The van der Waals surface area contributed by atoms with E-state index in [0.717, 1.165) is 11.8 Å². The number of aromatic nitrogens is 4. The molecule has 2 fully saturated rings. The van der Waals surface area contributed by atoms with E-state index in [1.165, 1.54) is 42.0 Å². The van der Waals surface area contributed by atoms with Gasteiger partial charge in [0, 0.05) is 22.0 Å². The first-order valence-corrected chi connectivity index (χ1v) is 14.2. The maximum absolute atomic E-state index is 13.1. The van der Waals surface area contributed by atoms with Crippen molar-refractivity contribution in [2.45, 2.75) is 43.8 Å². The monoisotopic (exact) mass is 549 g/mol. The van der Waals surface area contributed by atoms with Crippen LogP contribution in [0.25, 0.3) is 27.8 Å². The standard InChI is InChI=1S/C28H28ClN5O3S/c1-15(21-12-16-3-4-18(21)11-16)30-24(35)14-38-28-31-23-10-7-19(29)13-22(23)26-32-27(36)25(33-34(26)28)17-5-8-20(37-2)9-6-17/h5-10,13,15-16,18,21H,3-4,11-12,14H2,1-2H3,(H,30,35)/t15-,16-,18-,21+/m0/s1. The first kappa shape index (κ1) is 25.1. The predicted molar refractivity (Wildman–Crippen MR) is 149 cm³/mol. The molecule has 2 bridgehead atoms.